The zero-order valence-corrected chi connectivity index (χ0v) is 18.8. The molecule has 4 nitrogen and oxygen atoms in total. The van der Waals surface area contributed by atoms with Crippen LogP contribution in [0.5, 0.6) is 5.75 Å². The predicted molar refractivity (Wildman–Crippen MR) is 123 cm³/mol. The second kappa shape index (κ2) is 11.4. The normalized spacial score (nSPS) is 17.1. The van der Waals surface area contributed by atoms with Gasteiger partial charge in [0, 0.05) is 24.7 Å². The molecular formula is C25H33ClN2O2. The molecule has 1 aliphatic heterocycles. The summed E-state index contributed by atoms with van der Waals surface area (Å²) in [5.41, 5.74) is 2.40. The summed E-state index contributed by atoms with van der Waals surface area (Å²) in [6.07, 6.45) is 4.08. The zero-order chi connectivity index (χ0) is 21.3. The Balaban J connectivity index is 1.38. The van der Waals surface area contributed by atoms with Crippen LogP contribution in [0.1, 0.15) is 44.2 Å². The molecule has 0 spiro atoms. The van der Waals surface area contributed by atoms with E-state index in [2.05, 4.69) is 28.4 Å². The maximum Gasteiger partial charge on any atom is 0.224 e. The van der Waals surface area contributed by atoms with Gasteiger partial charge in [-0.3, -0.25) is 9.69 Å². The smallest absolute Gasteiger partial charge is 0.224 e. The van der Waals surface area contributed by atoms with Gasteiger partial charge in [0.05, 0.1) is 12.0 Å². The largest absolute Gasteiger partial charge is 0.491 e. The lowest BCUT2D eigenvalue weighted by molar-refractivity contribution is -0.126. The van der Waals surface area contributed by atoms with Crippen LogP contribution < -0.4 is 10.1 Å². The summed E-state index contributed by atoms with van der Waals surface area (Å²) in [7, 11) is 0. The number of rotatable bonds is 9. The lowest BCUT2D eigenvalue weighted by atomic mass is 9.96. The SMILES string of the molecule is CC(C)Oc1ccc(CCCNC(=O)[C@H]2CCCN(Cc3ccccc3Cl)C2)cc1. The fourth-order valence-corrected chi connectivity index (χ4v) is 4.13. The minimum absolute atomic E-state index is 0.0636. The van der Waals surface area contributed by atoms with E-state index in [-0.39, 0.29) is 17.9 Å². The highest BCUT2D eigenvalue weighted by atomic mass is 35.5. The molecule has 1 saturated heterocycles. The molecule has 2 aromatic rings. The van der Waals surface area contributed by atoms with Crippen molar-refractivity contribution in [2.75, 3.05) is 19.6 Å². The van der Waals surface area contributed by atoms with Crippen LogP contribution in [0.3, 0.4) is 0 Å². The summed E-state index contributed by atoms with van der Waals surface area (Å²) in [4.78, 5) is 15.0. The Morgan fingerprint density at radius 2 is 1.97 bits per heavy atom. The summed E-state index contributed by atoms with van der Waals surface area (Å²) < 4.78 is 5.68. The molecule has 0 unspecified atom stereocenters. The number of aryl methyl sites for hydroxylation is 1. The predicted octanol–water partition coefficient (Wildman–Crippen LogP) is 5.09. The van der Waals surface area contributed by atoms with Gasteiger partial charge in [0.25, 0.3) is 0 Å². The van der Waals surface area contributed by atoms with Crippen LogP contribution in [0.2, 0.25) is 5.02 Å². The summed E-state index contributed by atoms with van der Waals surface area (Å²) in [6.45, 7) is 7.39. The van der Waals surface area contributed by atoms with E-state index < -0.39 is 0 Å². The van der Waals surface area contributed by atoms with Crippen molar-refractivity contribution in [2.45, 2.75) is 52.2 Å². The molecule has 0 aliphatic carbocycles. The van der Waals surface area contributed by atoms with E-state index in [0.717, 1.165) is 61.7 Å². The monoisotopic (exact) mass is 428 g/mol. The van der Waals surface area contributed by atoms with Gasteiger partial charge in [-0.1, -0.05) is 41.9 Å². The van der Waals surface area contributed by atoms with Crippen LogP contribution in [0, 0.1) is 5.92 Å². The summed E-state index contributed by atoms with van der Waals surface area (Å²) in [6, 6.07) is 16.2. The van der Waals surface area contributed by atoms with Crippen molar-refractivity contribution in [1.29, 1.82) is 0 Å². The molecule has 30 heavy (non-hydrogen) atoms. The van der Waals surface area contributed by atoms with Crippen molar-refractivity contribution in [3.8, 4) is 5.75 Å². The molecule has 1 atom stereocenters. The molecule has 0 saturated carbocycles. The van der Waals surface area contributed by atoms with E-state index in [1.165, 1.54) is 5.56 Å². The third-order valence-electron chi connectivity index (χ3n) is 5.46. The summed E-state index contributed by atoms with van der Waals surface area (Å²) >= 11 is 6.30. The molecule has 0 radical (unpaired) electrons. The fourth-order valence-electron chi connectivity index (χ4n) is 3.94. The Morgan fingerprint density at radius 3 is 2.70 bits per heavy atom. The lowest BCUT2D eigenvalue weighted by Crippen LogP contribution is -2.43. The van der Waals surface area contributed by atoms with Crippen molar-refractivity contribution in [3.63, 3.8) is 0 Å². The van der Waals surface area contributed by atoms with E-state index in [1.807, 2.05) is 44.2 Å². The van der Waals surface area contributed by atoms with Gasteiger partial charge < -0.3 is 10.1 Å². The number of piperidine rings is 1. The number of halogens is 1. The molecule has 3 rings (SSSR count). The van der Waals surface area contributed by atoms with Gasteiger partial charge in [-0.05, 0) is 75.4 Å². The van der Waals surface area contributed by atoms with Crippen molar-refractivity contribution >= 4 is 17.5 Å². The van der Waals surface area contributed by atoms with Gasteiger partial charge in [-0.15, -0.1) is 0 Å². The number of nitrogens with zero attached hydrogens (tertiary/aromatic N) is 1. The third-order valence-corrected chi connectivity index (χ3v) is 5.83. The first-order chi connectivity index (χ1) is 14.5. The average Bonchev–Trinajstić information content (AvgIpc) is 2.74. The molecule has 1 heterocycles. The first-order valence-corrected chi connectivity index (χ1v) is 11.4. The number of hydrogen-bond donors (Lipinski definition) is 1. The Hall–Kier alpha value is -2.04. The minimum atomic E-state index is 0.0636. The molecule has 1 aliphatic rings. The fraction of sp³-hybridized carbons (Fsp3) is 0.480. The van der Waals surface area contributed by atoms with Gasteiger partial charge in [0.15, 0.2) is 0 Å². The van der Waals surface area contributed by atoms with Crippen LogP contribution in [0.4, 0.5) is 0 Å². The molecule has 0 aromatic heterocycles. The molecule has 2 aromatic carbocycles. The first-order valence-electron chi connectivity index (χ1n) is 11.0. The molecule has 0 bridgehead atoms. The van der Waals surface area contributed by atoms with Gasteiger partial charge in [-0.25, -0.2) is 0 Å². The van der Waals surface area contributed by atoms with Crippen LogP contribution in [0.15, 0.2) is 48.5 Å². The van der Waals surface area contributed by atoms with Crippen LogP contribution in [0.25, 0.3) is 0 Å². The van der Waals surface area contributed by atoms with Gasteiger partial charge in [0.1, 0.15) is 5.75 Å². The van der Waals surface area contributed by atoms with Gasteiger partial charge in [-0.2, -0.15) is 0 Å². The van der Waals surface area contributed by atoms with E-state index in [4.69, 9.17) is 16.3 Å². The van der Waals surface area contributed by atoms with Crippen molar-refractivity contribution in [2.24, 2.45) is 5.92 Å². The van der Waals surface area contributed by atoms with E-state index in [1.54, 1.807) is 0 Å². The topological polar surface area (TPSA) is 41.6 Å². The van der Waals surface area contributed by atoms with E-state index in [9.17, 15) is 4.79 Å². The number of likely N-dealkylation sites (tertiary alicyclic amines) is 1. The number of nitrogens with one attached hydrogen (secondary N) is 1. The first kappa shape index (κ1) is 22.6. The number of amides is 1. The molecule has 162 valence electrons. The molecule has 5 heteroatoms. The lowest BCUT2D eigenvalue weighted by Gasteiger charge is -2.32. The van der Waals surface area contributed by atoms with E-state index in [0.29, 0.717) is 6.54 Å². The maximum absolute atomic E-state index is 12.6. The van der Waals surface area contributed by atoms with Crippen LogP contribution in [-0.4, -0.2) is 36.5 Å². The Morgan fingerprint density at radius 1 is 1.20 bits per heavy atom. The van der Waals surface area contributed by atoms with Crippen LogP contribution >= 0.6 is 11.6 Å². The zero-order valence-electron chi connectivity index (χ0n) is 18.1. The second-order valence-corrected chi connectivity index (χ2v) is 8.78. The van der Waals surface area contributed by atoms with Crippen LogP contribution in [-0.2, 0) is 17.8 Å². The summed E-state index contributed by atoms with van der Waals surface area (Å²) in [5.74, 6) is 1.15. The quantitative estimate of drug-likeness (QED) is 0.565. The van der Waals surface area contributed by atoms with Crippen molar-refractivity contribution in [3.05, 3.63) is 64.7 Å². The van der Waals surface area contributed by atoms with Crippen molar-refractivity contribution in [1.82, 2.24) is 10.2 Å². The number of carbonyl (C=O) groups is 1. The maximum atomic E-state index is 12.6. The number of carbonyl (C=O) groups excluding carboxylic acids is 1. The standard InChI is InChI=1S/C25H33ClN2O2/c1-19(2)30-23-13-11-20(12-14-23)7-5-15-27-25(29)22-9-6-16-28(18-22)17-21-8-3-4-10-24(21)26/h3-4,8,10-14,19,22H,5-7,9,15-18H2,1-2H3,(H,27,29)/t22-/m0/s1. The minimum Gasteiger partial charge on any atom is -0.491 e. The van der Waals surface area contributed by atoms with Crippen molar-refractivity contribution < 1.29 is 9.53 Å². The highest BCUT2D eigenvalue weighted by molar-refractivity contribution is 6.31. The number of ether oxygens (including phenoxy) is 1. The van der Waals surface area contributed by atoms with E-state index >= 15 is 0 Å². The molecule has 1 amide bonds. The average molecular weight is 429 g/mol. The van der Waals surface area contributed by atoms with Gasteiger partial charge >= 0.3 is 0 Å². The highest BCUT2D eigenvalue weighted by Crippen LogP contribution is 2.22. The van der Waals surface area contributed by atoms with Gasteiger partial charge in [0.2, 0.25) is 5.91 Å². The third kappa shape index (κ3) is 7.03. The number of benzene rings is 2. The molecular weight excluding hydrogens is 396 g/mol. The summed E-state index contributed by atoms with van der Waals surface area (Å²) in [5, 5.41) is 3.94. The Kier molecular flexibility index (Phi) is 8.59. The number of hydrogen-bond acceptors (Lipinski definition) is 3. The Bertz CT molecular complexity index is 807. The molecule has 1 fully saturated rings. The Labute approximate surface area is 185 Å². The molecule has 1 N–H and O–H groups in total. The second-order valence-electron chi connectivity index (χ2n) is 8.37. The highest BCUT2D eigenvalue weighted by Gasteiger charge is 2.25.